The van der Waals surface area contributed by atoms with Crippen LogP contribution in [0, 0.1) is 5.92 Å². The zero-order chi connectivity index (χ0) is 17.6. The van der Waals surface area contributed by atoms with Gasteiger partial charge in [-0.05, 0) is 39.3 Å². The fraction of sp³-hybridized carbons (Fsp3) is 0.632. The predicted octanol–water partition coefficient (Wildman–Crippen LogP) is 4.14. The van der Waals surface area contributed by atoms with Gasteiger partial charge in [-0.25, -0.2) is 4.79 Å². The van der Waals surface area contributed by atoms with Crippen LogP contribution in [0.3, 0.4) is 0 Å². The largest absolute Gasteiger partial charge is 0.493 e. The molecule has 1 heterocycles. The Balaban J connectivity index is 1.70. The van der Waals surface area contributed by atoms with Gasteiger partial charge in [0.1, 0.15) is 11.4 Å². The molecule has 0 radical (unpaired) electrons. The molecule has 5 heteroatoms. The molecular weight excluding hydrogens is 304 g/mol. The lowest BCUT2D eigenvalue weighted by atomic mass is 10.0. The van der Waals surface area contributed by atoms with Crippen LogP contribution in [0.5, 0.6) is 5.75 Å². The lowest BCUT2D eigenvalue weighted by Crippen LogP contribution is -2.53. The van der Waals surface area contributed by atoms with E-state index < -0.39 is 5.60 Å². The minimum atomic E-state index is -0.441. The number of nitrogens with one attached hydrogen (secondary N) is 1. The number of unbranched alkanes of at least 4 members (excludes halogenated alkanes) is 1. The number of hydrogen-bond acceptors (Lipinski definition) is 4. The number of rotatable bonds is 7. The molecule has 134 valence electrons. The van der Waals surface area contributed by atoms with Gasteiger partial charge in [-0.3, -0.25) is 0 Å². The lowest BCUT2D eigenvalue weighted by molar-refractivity contribution is -0.00780. The molecule has 0 saturated carbocycles. The van der Waals surface area contributed by atoms with Crippen LogP contribution in [0.1, 0.15) is 40.5 Å². The highest BCUT2D eigenvalue weighted by molar-refractivity contribution is 5.69. The molecule has 1 aromatic rings. The summed E-state index contributed by atoms with van der Waals surface area (Å²) in [6.07, 6.45) is 2.10. The minimum Gasteiger partial charge on any atom is -0.493 e. The summed E-state index contributed by atoms with van der Waals surface area (Å²) in [5, 5.41) is 3.40. The number of benzene rings is 1. The van der Waals surface area contributed by atoms with E-state index in [9.17, 15) is 4.79 Å². The fourth-order valence-corrected chi connectivity index (χ4v) is 2.47. The van der Waals surface area contributed by atoms with E-state index in [2.05, 4.69) is 18.3 Å². The first kappa shape index (κ1) is 18.4. The van der Waals surface area contributed by atoms with Gasteiger partial charge in [0.25, 0.3) is 0 Å². The van der Waals surface area contributed by atoms with Crippen LogP contribution in [-0.4, -0.2) is 42.8 Å². The Morgan fingerprint density at radius 1 is 1.33 bits per heavy atom. The quantitative estimate of drug-likeness (QED) is 0.761. The first-order valence-corrected chi connectivity index (χ1v) is 8.82. The highest BCUT2D eigenvalue weighted by Gasteiger charge is 2.33. The second-order valence-corrected chi connectivity index (χ2v) is 7.37. The van der Waals surface area contributed by atoms with Gasteiger partial charge < -0.3 is 19.7 Å². The van der Waals surface area contributed by atoms with Crippen molar-refractivity contribution in [1.29, 1.82) is 0 Å². The zero-order valence-corrected chi connectivity index (χ0v) is 15.3. The standard InChI is InChI=1S/C19H30N2O3/c1-5-6-10-20-16-8-7-9-17(11-16)23-14-15-12-21(13-15)18(22)24-19(2,3)4/h7-9,11,15,20H,5-6,10,12-14H2,1-4H3. The molecule has 0 spiro atoms. The Labute approximate surface area is 145 Å². The first-order chi connectivity index (χ1) is 11.4. The summed E-state index contributed by atoms with van der Waals surface area (Å²) in [4.78, 5) is 13.6. The van der Waals surface area contributed by atoms with Crippen molar-refractivity contribution < 1.29 is 14.3 Å². The van der Waals surface area contributed by atoms with Gasteiger partial charge in [-0.2, -0.15) is 0 Å². The molecule has 0 unspecified atom stereocenters. The molecule has 1 fully saturated rings. The van der Waals surface area contributed by atoms with Crippen molar-refractivity contribution in [3.8, 4) is 5.75 Å². The lowest BCUT2D eigenvalue weighted by Gasteiger charge is -2.39. The number of ether oxygens (including phenoxy) is 2. The number of hydrogen-bond donors (Lipinski definition) is 1. The SMILES string of the molecule is CCCCNc1cccc(OCC2CN(C(=O)OC(C)(C)C)C2)c1. The van der Waals surface area contributed by atoms with Crippen LogP contribution in [0.25, 0.3) is 0 Å². The number of carbonyl (C=O) groups is 1. The van der Waals surface area contributed by atoms with Gasteiger partial charge in [-0.1, -0.05) is 19.4 Å². The molecule has 0 aliphatic carbocycles. The molecular formula is C19H30N2O3. The average Bonchev–Trinajstić information content (AvgIpc) is 2.44. The van der Waals surface area contributed by atoms with Crippen molar-refractivity contribution in [3.63, 3.8) is 0 Å². The van der Waals surface area contributed by atoms with E-state index in [4.69, 9.17) is 9.47 Å². The average molecular weight is 334 g/mol. The third kappa shape index (κ3) is 5.95. The van der Waals surface area contributed by atoms with Crippen molar-refractivity contribution in [1.82, 2.24) is 4.90 Å². The Morgan fingerprint density at radius 3 is 2.75 bits per heavy atom. The van der Waals surface area contributed by atoms with Gasteiger partial charge in [0.15, 0.2) is 0 Å². The zero-order valence-electron chi connectivity index (χ0n) is 15.3. The Bertz CT molecular complexity index is 534. The molecule has 0 atom stereocenters. The predicted molar refractivity (Wildman–Crippen MR) is 96.6 cm³/mol. The second kappa shape index (κ2) is 8.27. The van der Waals surface area contributed by atoms with E-state index in [0.29, 0.717) is 25.6 Å². The van der Waals surface area contributed by atoms with E-state index in [1.54, 1.807) is 4.90 Å². The molecule has 0 bridgehead atoms. The molecule has 1 amide bonds. The van der Waals surface area contributed by atoms with E-state index in [1.807, 2.05) is 39.0 Å². The molecule has 24 heavy (non-hydrogen) atoms. The molecule has 1 saturated heterocycles. The number of likely N-dealkylation sites (tertiary alicyclic amines) is 1. The Kier molecular flexibility index (Phi) is 6.35. The molecule has 1 aromatic carbocycles. The minimum absolute atomic E-state index is 0.235. The highest BCUT2D eigenvalue weighted by atomic mass is 16.6. The van der Waals surface area contributed by atoms with Crippen molar-refractivity contribution in [2.75, 3.05) is 31.6 Å². The number of amides is 1. The monoisotopic (exact) mass is 334 g/mol. The van der Waals surface area contributed by atoms with Crippen molar-refractivity contribution in [2.24, 2.45) is 5.92 Å². The van der Waals surface area contributed by atoms with Crippen LogP contribution >= 0.6 is 0 Å². The first-order valence-electron chi connectivity index (χ1n) is 8.82. The maximum atomic E-state index is 11.9. The fourth-order valence-electron chi connectivity index (χ4n) is 2.47. The van der Waals surface area contributed by atoms with Crippen molar-refractivity contribution >= 4 is 11.8 Å². The summed E-state index contributed by atoms with van der Waals surface area (Å²) in [5.74, 6) is 1.24. The molecule has 1 aliphatic rings. The number of anilines is 1. The normalized spacial score (nSPS) is 14.9. The van der Waals surface area contributed by atoms with Gasteiger partial charge >= 0.3 is 6.09 Å². The third-order valence-electron chi connectivity index (χ3n) is 3.79. The molecule has 2 rings (SSSR count). The van der Waals surface area contributed by atoms with Crippen LogP contribution in [0.4, 0.5) is 10.5 Å². The van der Waals surface area contributed by atoms with E-state index >= 15 is 0 Å². The van der Waals surface area contributed by atoms with Crippen molar-refractivity contribution in [2.45, 2.75) is 46.1 Å². The van der Waals surface area contributed by atoms with Gasteiger partial charge in [0.2, 0.25) is 0 Å². The second-order valence-electron chi connectivity index (χ2n) is 7.37. The van der Waals surface area contributed by atoms with E-state index in [1.165, 1.54) is 6.42 Å². The van der Waals surface area contributed by atoms with Crippen molar-refractivity contribution in [3.05, 3.63) is 24.3 Å². The summed E-state index contributed by atoms with van der Waals surface area (Å²) < 4.78 is 11.2. The van der Waals surface area contributed by atoms with E-state index in [-0.39, 0.29) is 6.09 Å². The van der Waals surface area contributed by atoms with Crippen LogP contribution in [-0.2, 0) is 4.74 Å². The van der Waals surface area contributed by atoms with Gasteiger partial charge in [-0.15, -0.1) is 0 Å². The molecule has 1 N–H and O–H groups in total. The molecule has 5 nitrogen and oxygen atoms in total. The van der Waals surface area contributed by atoms with Crippen LogP contribution < -0.4 is 10.1 Å². The number of carbonyl (C=O) groups excluding carboxylic acids is 1. The molecule has 0 aromatic heterocycles. The van der Waals surface area contributed by atoms with Gasteiger partial charge in [0.05, 0.1) is 6.61 Å². The highest BCUT2D eigenvalue weighted by Crippen LogP contribution is 2.22. The molecule has 1 aliphatic heterocycles. The smallest absolute Gasteiger partial charge is 0.410 e. The maximum absolute atomic E-state index is 11.9. The van der Waals surface area contributed by atoms with E-state index in [0.717, 1.165) is 24.4 Å². The Hall–Kier alpha value is -1.91. The van der Waals surface area contributed by atoms with Crippen LogP contribution in [0.2, 0.25) is 0 Å². The topological polar surface area (TPSA) is 50.8 Å². The number of nitrogens with zero attached hydrogens (tertiary/aromatic N) is 1. The summed E-state index contributed by atoms with van der Waals surface area (Å²) >= 11 is 0. The van der Waals surface area contributed by atoms with Crippen LogP contribution in [0.15, 0.2) is 24.3 Å². The third-order valence-corrected chi connectivity index (χ3v) is 3.79. The maximum Gasteiger partial charge on any atom is 0.410 e. The summed E-state index contributed by atoms with van der Waals surface area (Å²) in [7, 11) is 0. The summed E-state index contributed by atoms with van der Waals surface area (Å²) in [6.45, 7) is 10.8. The summed E-state index contributed by atoms with van der Waals surface area (Å²) in [5.41, 5.74) is 0.647. The van der Waals surface area contributed by atoms with Gasteiger partial charge in [0, 0.05) is 37.3 Å². The summed E-state index contributed by atoms with van der Waals surface area (Å²) in [6, 6.07) is 8.04. The Morgan fingerprint density at radius 2 is 2.08 bits per heavy atom.